The fraction of sp³-hybridized carbons (Fsp3) is 0.273. The van der Waals surface area contributed by atoms with Gasteiger partial charge in [0.25, 0.3) is 5.91 Å². The highest BCUT2D eigenvalue weighted by Gasteiger charge is 2.35. The van der Waals surface area contributed by atoms with Gasteiger partial charge in [0.2, 0.25) is 5.91 Å². The summed E-state index contributed by atoms with van der Waals surface area (Å²) in [5.41, 5.74) is -0.0725. The molecule has 0 atom stereocenters. The molecule has 7 nitrogen and oxygen atoms in total. The summed E-state index contributed by atoms with van der Waals surface area (Å²) in [7, 11) is 0. The lowest BCUT2D eigenvalue weighted by atomic mass is 10.1. The number of hydrogen-bond donors (Lipinski definition) is 1. The van der Waals surface area contributed by atoms with E-state index in [1.165, 1.54) is 11.1 Å². The molecule has 1 aliphatic heterocycles. The van der Waals surface area contributed by atoms with E-state index in [2.05, 4.69) is 5.10 Å². The number of nitrogens with one attached hydrogen (secondary N) is 1. The summed E-state index contributed by atoms with van der Waals surface area (Å²) in [6.07, 6.45) is -4.64. The molecule has 1 N–H and O–H groups in total. The Labute approximate surface area is 192 Å². The van der Waals surface area contributed by atoms with Crippen LogP contribution in [0.5, 0.6) is 0 Å². The zero-order valence-electron chi connectivity index (χ0n) is 17.2. The van der Waals surface area contributed by atoms with Gasteiger partial charge in [0.1, 0.15) is 0 Å². The maximum absolute atomic E-state index is 13.1. The van der Waals surface area contributed by atoms with Crippen LogP contribution in [0.1, 0.15) is 30.4 Å². The molecule has 2 aromatic carbocycles. The monoisotopic (exact) mass is 481 g/mol. The van der Waals surface area contributed by atoms with E-state index in [1.807, 2.05) is 35.6 Å². The minimum atomic E-state index is -4.73. The lowest BCUT2D eigenvalue weighted by Gasteiger charge is -2.15. The van der Waals surface area contributed by atoms with Gasteiger partial charge < -0.3 is 10.1 Å². The first-order valence-corrected chi connectivity index (χ1v) is 10.3. The number of anilines is 1. The van der Waals surface area contributed by atoms with E-state index < -0.39 is 35.9 Å². The van der Waals surface area contributed by atoms with E-state index in [9.17, 15) is 27.6 Å². The van der Waals surface area contributed by atoms with Crippen molar-refractivity contribution in [1.29, 1.82) is 0 Å². The van der Waals surface area contributed by atoms with E-state index in [0.29, 0.717) is 13.0 Å². The number of hydrazone groups is 1. The van der Waals surface area contributed by atoms with Crippen LogP contribution in [-0.4, -0.2) is 41.7 Å². The second-order valence-corrected chi connectivity index (χ2v) is 7.46. The van der Waals surface area contributed by atoms with Crippen molar-refractivity contribution in [3.63, 3.8) is 0 Å². The van der Waals surface area contributed by atoms with Crippen molar-refractivity contribution in [2.45, 2.75) is 25.4 Å². The number of rotatable bonds is 7. The SMILES string of the molecule is O=C(COC(=O)CCC(=O)N1CCC(c2ccccc2)=N1)Nc1c(Cl)cccc1C(F)(F)F. The predicted octanol–water partition coefficient (Wildman–Crippen LogP) is 4.26. The molecule has 0 bridgehead atoms. The van der Waals surface area contributed by atoms with Crippen LogP contribution in [-0.2, 0) is 25.3 Å². The maximum atomic E-state index is 13.1. The molecule has 3 rings (SSSR count). The van der Waals surface area contributed by atoms with Gasteiger partial charge in [-0.25, -0.2) is 5.01 Å². The van der Waals surface area contributed by atoms with Gasteiger partial charge in [-0.3, -0.25) is 14.4 Å². The Balaban J connectivity index is 1.46. The van der Waals surface area contributed by atoms with E-state index >= 15 is 0 Å². The van der Waals surface area contributed by atoms with Crippen molar-refractivity contribution < 1.29 is 32.3 Å². The number of carbonyl (C=O) groups excluding carboxylic acids is 3. The first-order valence-electron chi connectivity index (χ1n) is 9.89. The number of hydrogen-bond acceptors (Lipinski definition) is 5. The largest absolute Gasteiger partial charge is 0.456 e. The van der Waals surface area contributed by atoms with Crippen molar-refractivity contribution in [2.24, 2.45) is 5.10 Å². The Bertz CT molecular complexity index is 1070. The number of halogens is 4. The van der Waals surface area contributed by atoms with Gasteiger partial charge in [0.05, 0.1) is 35.0 Å². The zero-order valence-corrected chi connectivity index (χ0v) is 17.9. The van der Waals surface area contributed by atoms with Crippen molar-refractivity contribution in [3.05, 3.63) is 64.7 Å². The molecule has 11 heteroatoms. The zero-order chi connectivity index (χ0) is 24.0. The minimum absolute atomic E-state index is 0.186. The van der Waals surface area contributed by atoms with Gasteiger partial charge in [0, 0.05) is 12.8 Å². The molecule has 174 valence electrons. The number of nitrogens with zero attached hydrogens (tertiary/aromatic N) is 2. The van der Waals surface area contributed by atoms with Crippen LogP contribution < -0.4 is 5.32 Å². The molecule has 0 saturated heterocycles. The molecule has 2 amide bonds. The summed E-state index contributed by atoms with van der Waals surface area (Å²) in [6.45, 7) is -0.435. The highest BCUT2D eigenvalue weighted by molar-refractivity contribution is 6.34. The number of benzene rings is 2. The van der Waals surface area contributed by atoms with Crippen LogP contribution in [0.25, 0.3) is 0 Å². The average molecular weight is 482 g/mol. The van der Waals surface area contributed by atoms with E-state index in [0.717, 1.165) is 23.4 Å². The van der Waals surface area contributed by atoms with E-state index in [-0.39, 0.29) is 23.8 Å². The Morgan fingerprint density at radius 1 is 1.06 bits per heavy atom. The second kappa shape index (κ2) is 10.5. The summed E-state index contributed by atoms with van der Waals surface area (Å²) in [5, 5.41) is 7.25. The molecule has 1 heterocycles. The highest BCUT2D eigenvalue weighted by Crippen LogP contribution is 2.38. The fourth-order valence-corrected chi connectivity index (χ4v) is 3.31. The lowest BCUT2D eigenvalue weighted by molar-refractivity contribution is -0.149. The van der Waals surface area contributed by atoms with Gasteiger partial charge in [-0.15, -0.1) is 0 Å². The van der Waals surface area contributed by atoms with Gasteiger partial charge in [-0.2, -0.15) is 18.3 Å². The minimum Gasteiger partial charge on any atom is -0.456 e. The van der Waals surface area contributed by atoms with Crippen LogP contribution in [0.15, 0.2) is 53.6 Å². The molecule has 0 radical (unpaired) electrons. The van der Waals surface area contributed by atoms with Crippen molar-refractivity contribution in [1.82, 2.24) is 5.01 Å². The van der Waals surface area contributed by atoms with E-state index in [4.69, 9.17) is 16.3 Å². The molecular formula is C22H19ClF3N3O4. The fourth-order valence-electron chi connectivity index (χ4n) is 3.09. The molecule has 0 spiro atoms. The molecule has 0 unspecified atom stereocenters. The number of carbonyl (C=O) groups is 3. The molecule has 0 saturated carbocycles. The smallest absolute Gasteiger partial charge is 0.418 e. The Hall–Kier alpha value is -3.40. The molecule has 0 aliphatic carbocycles. The highest BCUT2D eigenvalue weighted by atomic mass is 35.5. The molecular weight excluding hydrogens is 463 g/mol. The molecule has 1 aliphatic rings. The Kier molecular flexibility index (Phi) is 7.70. The third-order valence-corrected chi connectivity index (χ3v) is 5.00. The number of alkyl halides is 3. The first kappa shape index (κ1) is 24.2. The van der Waals surface area contributed by atoms with Gasteiger partial charge in [-0.05, 0) is 17.7 Å². The summed E-state index contributed by atoms with van der Waals surface area (Å²) < 4.78 is 44.0. The van der Waals surface area contributed by atoms with Gasteiger partial charge >= 0.3 is 12.1 Å². The second-order valence-electron chi connectivity index (χ2n) is 7.05. The van der Waals surface area contributed by atoms with Crippen LogP contribution >= 0.6 is 11.6 Å². The number of esters is 1. The summed E-state index contributed by atoms with van der Waals surface area (Å²) >= 11 is 5.76. The Morgan fingerprint density at radius 2 is 1.79 bits per heavy atom. The lowest BCUT2D eigenvalue weighted by Crippen LogP contribution is -2.25. The number of ether oxygens (including phenoxy) is 1. The van der Waals surface area contributed by atoms with Crippen molar-refractivity contribution >= 4 is 40.8 Å². The number of amides is 2. The summed E-state index contributed by atoms with van der Waals surface area (Å²) in [4.78, 5) is 36.1. The third-order valence-electron chi connectivity index (χ3n) is 4.69. The Morgan fingerprint density at radius 3 is 2.48 bits per heavy atom. The molecule has 2 aromatic rings. The molecule has 0 fully saturated rings. The quantitative estimate of drug-likeness (QED) is 0.599. The summed E-state index contributed by atoms with van der Waals surface area (Å²) in [5.74, 6) is -2.22. The normalized spacial score (nSPS) is 13.5. The molecule has 33 heavy (non-hydrogen) atoms. The van der Waals surface area contributed by atoms with E-state index in [1.54, 1.807) is 0 Å². The van der Waals surface area contributed by atoms with Gasteiger partial charge in [-0.1, -0.05) is 48.0 Å². The van der Waals surface area contributed by atoms with Crippen LogP contribution in [0.2, 0.25) is 5.02 Å². The van der Waals surface area contributed by atoms with Crippen molar-refractivity contribution in [3.8, 4) is 0 Å². The number of para-hydroxylation sites is 1. The standard InChI is InChI=1S/C22H19ClF3N3O4/c23-16-8-4-7-15(22(24,25)26)21(16)27-18(30)13-33-20(32)10-9-19(31)29-12-11-17(28-29)14-5-2-1-3-6-14/h1-8H,9-13H2,(H,27,30). The van der Waals surface area contributed by atoms with Crippen LogP contribution in [0, 0.1) is 0 Å². The summed E-state index contributed by atoms with van der Waals surface area (Å²) in [6, 6.07) is 12.4. The van der Waals surface area contributed by atoms with Crippen LogP contribution in [0.3, 0.4) is 0 Å². The third kappa shape index (κ3) is 6.55. The topological polar surface area (TPSA) is 88.1 Å². The molecule has 0 aromatic heterocycles. The first-order chi connectivity index (χ1) is 15.6. The van der Waals surface area contributed by atoms with Gasteiger partial charge in [0.15, 0.2) is 6.61 Å². The van der Waals surface area contributed by atoms with Crippen molar-refractivity contribution in [2.75, 3.05) is 18.5 Å². The average Bonchev–Trinajstić information content (AvgIpc) is 3.28. The maximum Gasteiger partial charge on any atom is 0.418 e. The van der Waals surface area contributed by atoms with Crippen LogP contribution in [0.4, 0.5) is 18.9 Å². The predicted molar refractivity (Wildman–Crippen MR) is 115 cm³/mol.